The van der Waals surface area contributed by atoms with E-state index in [4.69, 9.17) is 10.5 Å². The second kappa shape index (κ2) is 6.97. The first kappa shape index (κ1) is 18.5. The Hall–Kier alpha value is -1.82. The minimum atomic E-state index is -1.02. The van der Waals surface area contributed by atoms with E-state index in [1.54, 1.807) is 26.8 Å². The minimum absolute atomic E-state index is 0.149. The van der Waals surface area contributed by atoms with Gasteiger partial charge in [-0.25, -0.2) is 9.18 Å². The van der Waals surface area contributed by atoms with Crippen molar-refractivity contribution in [1.82, 2.24) is 5.32 Å². The van der Waals surface area contributed by atoms with Crippen molar-refractivity contribution in [1.29, 1.82) is 0 Å². The molecule has 1 amide bonds. The Kier molecular flexibility index (Phi) is 5.38. The normalized spacial score (nSPS) is 24.5. The second-order valence-corrected chi connectivity index (χ2v) is 7.46. The number of hydrogen-bond donors (Lipinski definition) is 3. The average Bonchev–Trinajstić information content (AvgIpc) is 2.48. The van der Waals surface area contributed by atoms with Crippen molar-refractivity contribution in [2.45, 2.75) is 57.6 Å². The number of benzene rings is 1. The third-order valence-corrected chi connectivity index (χ3v) is 4.49. The molecule has 2 rings (SSSR count). The van der Waals surface area contributed by atoms with E-state index in [0.717, 1.165) is 12.8 Å². The number of carbonyl (C=O) groups excluding carboxylic acids is 1. The summed E-state index contributed by atoms with van der Waals surface area (Å²) in [5.41, 5.74) is 4.88. The number of carbonyl (C=O) groups is 1. The average molecular weight is 338 g/mol. The maximum atomic E-state index is 14.6. The molecule has 1 aromatic rings. The molecule has 5 nitrogen and oxygen atoms in total. The highest BCUT2D eigenvalue weighted by Gasteiger charge is 2.45. The number of aliphatic hydroxyl groups is 1. The minimum Gasteiger partial charge on any atom is -0.444 e. The number of ether oxygens (including phenoxy) is 1. The third-order valence-electron chi connectivity index (χ3n) is 4.49. The molecule has 1 aliphatic carbocycles. The molecule has 0 heterocycles. The zero-order chi connectivity index (χ0) is 18.0. The van der Waals surface area contributed by atoms with Gasteiger partial charge in [-0.05, 0) is 51.8 Å². The molecule has 1 fully saturated rings. The Morgan fingerprint density at radius 3 is 2.79 bits per heavy atom. The second-order valence-electron chi connectivity index (χ2n) is 7.46. The number of alkyl carbamates (subject to hydrolysis) is 1. The fourth-order valence-corrected chi connectivity index (χ4v) is 3.45. The molecule has 0 spiro atoms. The summed E-state index contributed by atoms with van der Waals surface area (Å²) in [4.78, 5) is 12.4. The lowest BCUT2D eigenvalue weighted by atomic mass is 9.69. The molecule has 0 aliphatic heterocycles. The number of nitrogen functional groups attached to an aromatic ring is 1. The lowest BCUT2D eigenvalue weighted by Gasteiger charge is -2.44. The first-order valence-electron chi connectivity index (χ1n) is 8.35. The lowest BCUT2D eigenvalue weighted by Crippen LogP contribution is -2.55. The highest BCUT2D eigenvalue weighted by atomic mass is 19.1. The van der Waals surface area contributed by atoms with Crippen molar-refractivity contribution in [2.24, 2.45) is 5.92 Å². The van der Waals surface area contributed by atoms with Crippen LogP contribution in [0.3, 0.4) is 0 Å². The number of anilines is 1. The molecule has 0 aromatic heterocycles. The SMILES string of the molecule is CC(C)(C)OC(=O)NC1(c2cc(N)ccc2F)CCCCC1CO. The monoisotopic (exact) mass is 338 g/mol. The van der Waals surface area contributed by atoms with Gasteiger partial charge in [0.25, 0.3) is 0 Å². The van der Waals surface area contributed by atoms with Gasteiger partial charge in [-0.1, -0.05) is 12.8 Å². The summed E-state index contributed by atoms with van der Waals surface area (Å²) in [5.74, 6) is -0.740. The first-order valence-corrected chi connectivity index (χ1v) is 8.35. The summed E-state index contributed by atoms with van der Waals surface area (Å²) in [6, 6.07) is 4.32. The molecule has 2 atom stereocenters. The van der Waals surface area contributed by atoms with Crippen molar-refractivity contribution in [3.8, 4) is 0 Å². The number of aliphatic hydroxyl groups excluding tert-OH is 1. The topological polar surface area (TPSA) is 84.6 Å². The van der Waals surface area contributed by atoms with Crippen LogP contribution in [0.25, 0.3) is 0 Å². The van der Waals surface area contributed by atoms with Crippen LogP contribution in [-0.4, -0.2) is 23.4 Å². The Bertz CT molecular complexity index is 600. The van der Waals surface area contributed by atoms with Gasteiger partial charge in [-0.2, -0.15) is 0 Å². The number of halogens is 1. The summed E-state index contributed by atoms with van der Waals surface area (Å²) >= 11 is 0. The van der Waals surface area contributed by atoms with Gasteiger partial charge in [0.05, 0.1) is 5.54 Å². The smallest absolute Gasteiger partial charge is 0.408 e. The predicted molar refractivity (Wildman–Crippen MR) is 90.9 cm³/mol. The Balaban J connectivity index is 2.45. The largest absolute Gasteiger partial charge is 0.444 e. The van der Waals surface area contributed by atoms with Gasteiger partial charge in [-0.3, -0.25) is 0 Å². The quantitative estimate of drug-likeness (QED) is 0.738. The highest BCUT2D eigenvalue weighted by molar-refractivity contribution is 5.69. The van der Waals surface area contributed by atoms with Gasteiger partial charge in [0.2, 0.25) is 0 Å². The van der Waals surface area contributed by atoms with E-state index in [1.807, 2.05) is 0 Å². The van der Waals surface area contributed by atoms with E-state index in [-0.39, 0.29) is 12.5 Å². The maximum Gasteiger partial charge on any atom is 0.408 e. The number of hydrogen-bond acceptors (Lipinski definition) is 4. The van der Waals surface area contributed by atoms with Gasteiger partial charge >= 0.3 is 6.09 Å². The molecule has 0 bridgehead atoms. The van der Waals surface area contributed by atoms with Crippen molar-refractivity contribution in [3.63, 3.8) is 0 Å². The van der Waals surface area contributed by atoms with Gasteiger partial charge in [0.15, 0.2) is 0 Å². The number of rotatable bonds is 3. The predicted octanol–water partition coefficient (Wildman–Crippen LogP) is 3.31. The number of amides is 1. The Labute approximate surface area is 142 Å². The standard InChI is InChI=1S/C18H27FN2O3/c1-17(2,3)24-16(23)21-18(9-5-4-6-12(18)11-22)14-10-13(20)7-8-15(14)19/h7-8,10,12,22H,4-6,9,11,20H2,1-3H3,(H,21,23). The van der Waals surface area contributed by atoms with Crippen LogP contribution >= 0.6 is 0 Å². The zero-order valence-electron chi connectivity index (χ0n) is 14.6. The van der Waals surface area contributed by atoms with Gasteiger partial charge in [0.1, 0.15) is 11.4 Å². The Morgan fingerprint density at radius 1 is 1.46 bits per heavy atom. The maximum absolute atomic E-state index is 14.6. The fraction of sp³-hybridized carbons (Fsp3) is 0.611. The fourth-order valence-electron chi connectivity index (χ4n) is 3.45. The van der Waals surface area contributed by atoms with Crippen LogP contribution in [0.15, 0.2) is 18.2 Å². The molecule has 134 valence electrons. The molecular weight excluding hydrogens is 311 g/mol. The lowest BCUT2D eigenvalue weighted by molar-refractivity contribution is 0.0250. The molecule has 4 N–H and O–H groups in total. The summed E-state index contributed by atoms with van der Waals surface area (Å²) in [5, 5.41) is 12.7. The molecule has 2 unspecified atom stereocenters. The van der Waals surface area contributed by atoms with Crippen molar-refractivity contribution in [3.05, 3.63) is 29.6 Å². The number of nitrogens with two attached hydrogens (primary N) is 1. The molecule has 1 saturated carbocycles. The third kappa shape index (κ3) is 3.98. The van der Waals surface area contributed by atoms with E-state index >= 15 is 0 Å². The van der Waals surface area contributed by atoms with E-state index in [1.165, 1.54) is 12.1 Å². The first-order chi connectivity index (χ1) is 11.2. The summed E-state index contributed by atoms with van der Waals surface area (Å²) in [7, 11) is 0. The summed E-state index contributed by atoms with van der Waals surface area (Å²) in [6.07, 6.45) is 2.34. The summed E-state index contributed by atoms with van der Waals surface area (Å²) in [6.45, 7) is 5.16. The van der Waals surface area contributed by atoms with Gasteiger partial charge in [-0.15, -0.1) is 0 Å². The van der Waals surface area contributed by atoms with Crippen LogP contribution in [0, 0.1) is 11.7 Å². The van der Waals surface area contributed by atoms with Crippen molar-refractivity contribution < 1.29 is 19.0 Å². The van der Waals surface area contributed by atoms with Crippen LogP contribution in [0.5, 0.6) is 0 Å². The van der Waals surface area contributed by atoms with E-state index in [0.29, 0.717) is 24.1 Å². The van der Waals surface area contributed by atoms with Crippen LogP contribution in [0.4, 0.5) is 14.9 Å². The summed E-state index contributed by atoms with van der Waals surface area (Å²) < 4.78 is 19.9. The number of nitrogens with one attached hydrogen (secondary N) is 1. The Morgan fingerprint density at radius 2 is 2.17 bits per heavy atom. The zero-order valence-corrected chi connectivity index (χ0v) is 14.6. The van der Waals surface area contributed by atoms with Crippen LogP contribution in [-0.2, 0) is 10.3 Å². The molecule has 6 heteroatoms. The van der Waals surface area contributed by atoms with E-state index in [9.17, 15) is 14.3 Å². The van der Waals surface area contributed by atoms with Crippen LogP contribution in [0.2, 0.25) is 0 Å². The van der Waals surface area contributed by atoms with Gasteiger partial charge < -0.3 is 20.9 Å². The van der Waals surface area contributed by atoms with Crippen LogP contribution < -0.4 is 11.1 Å². The molecule has 0 saturated heterocycles. The molecule has 1 aromatic carbocycles. The molecule has 1 aliphatic rings. The van der Waals surface area contributed by atoms with E-state index in [2.05, 4.69) is 5.32 Å². The van der Waals surface area contributed by atoms with E-state index < -0.39 is 23.1 Å². The van der Waals surface area contributed by atoms with Crippen molar-refractivity contribution in [2.75, 3.05) is 12.3 Å². The van der Waals surface area contributed by atoms with Gasteiger partial charge in [0, 0.05) is 23.8 Å². The molecule has 24 heavy (non-hydrogen) atoms. The van der Waals surface area contributed by atoms with Crippen molar-refractivity contribution >= 4 is 11.8 Å². The molecule has 0 radical (unpaired) electrons. The highest BCUT2D eigenvalue weighted by Crippen LogP contribution is 2.43. The van der Waals surface area contributed by atoms with Crippen LogP contribution in [0.1, 0.15) is 52.0 Å². The molecular formula is C18H27FN2O3.